The number of nitrogens with zero attached hydrogens (tertiary/aromatic N) is 1. The zero-order chi connectivity index (χ0) is 15.4. The summed E-state index contributed by atoms with van der Waals surface area (Å²) in [5.41, 5.74) is 3.36. The van der Waals surface area contributed by atoms with Gasteiger partial charge in [0.1, 0.15) is 0 Å². The van der Waals surface area contributed by atoms with Crippen molar-refractivity contribution in [3.8, 4) is 0 Å². The van der Waals surface area contributed by atoms with E-state index in [-0.39, 0.29) is 15.4 Å². The molecule has 0 aliphatic rings. The zero-order valence-electron chi connectivity index (χ0n) is 12.1. The summed E-state index contributed by atoms with van der Waals surface area (Å²) in [4.78, 5) is 10.8. The Morgan fingerprint density at radius 1 is 1.05 bits per heavy atom. The first-order valence-electron chi connectivity index (χ1n) is 6.95. The molecule has 0 fully saturated rings. The molecule has 0 bridgehead atoms. The third kappa shape index (κ3) is 3.91. The Hall–Kier alpha value is -1.68. The average molecular weight is 348 g/mol. The van der Waals surface area contributed by atoms with Crippen LogP contribution in [0.1, 0.15) is 41.3 Å². The van der Waals surface area contributed by atoms with Crippen molar-refractivity contribution in [2.75, 3.05) is 0 Å². The molecule has 0 saturated heterocycles. The molecular weight excluding hydrogens is 330 g/mol. The highest BCUT2D eigenvalue weighted by Gasteiger charge is 2.17. The first kappa shape index (κ1) is 15.7. The normalized spacial score (nSPS) is 12.4. The van der Waals surface area contributed by atoms with Crippen LogP contribution in [0.2, 0.25) is 0 Å². The van der Waals surface area contributed by atoms with E-state index in [1.54, 1.807) is 12.1 Å². The quantitative estimate of drug-likeness (QED) is 0.413. The van der Waals surface area contributed by atoms with Gasteiger partial charge in [-0.05, 0) is 23.5 Å². The molecule has 0 aliphatic carbocycles. The number of rotatable bonds is 5. The van der Waals surface area contributed by atoms with Gasteiger partial charge in [0.25, 0.3) is 5.69 Å². The van der Waals surface area contributed by atoms with Gasteiger partial charge >= 0.3 is 0 Å². The van der Waals surface area contributed by atoms with E-state index in [4.69, 9.17) is 0 Å². The lowest BCUT2D eigenvalue weighted by atomic mass is 9.98. The number of nitro benzene ring substituents is 1. The van der Waals surface area contributed by atoms with Crippen molar-refractivity contribution in [3.05, 3.63) is 75.3 Å². The minimum atomic E-state index is -0.323. The topological polar surface area (TPSA) is 43.1 Å². The van der Waals surface area contributed by atoms with Crippen LogP contribution in [0, 0.1) is 10.1 Å². The maximum absolute atomic E-state index is 11.0. The largest absolute Gasteiger partial charge is 0.272 e. The summed E-state index contributed by atoms with van der Waals surface area (Å²) in [7, 11) is 0. The number of nitro groups is 1. The smallest absolute Gasteiger partial charge is 0.258 e. The van der Waals surface area contributed by atoms with Crippen molar-refractivity contribution >= 4 is 21.6 Å². The molecule has 0 saturated carbocycles. The highest BCUT2D eigenvalue weighted by atomic mass is 79.9. The Morgan fingerprint density at radius 2 is 1.62 bits per heavy atom. The average Bonchev–Trinajstić information content (AvgIpc) is 2.47. The van der Waals surface area contributed by atoms with Crippen LogP contribution >= 0.6 is 15.9 Å². The van der Waals surface area contributed by atoms with Crippen LogP contribution < -0.4 is 0 Å². The molecule has 21 heavy (non-hydrogen) atoms. The maximum Gasteiger partial charge on any atom is 0.272 e. The molecule has 1 unspecified atom stereocenters. The van der Waals surface area contributed by atoms with Gasteiger partial charge in [-0.25, -0.2) is 0 Å². The molecule has 3 nitrogen and oxygen atoms in total. The van der Waals surface area contributed by atoms with Gasteiger partial charge < -0.3 is 0 Å². The summed E-state index contributed by atoms with van der Waals surface area (Å²) in [6.07, 6.45) is 0.595. The molecule has 0 spiro atoms. The Kier molecular flexibility index (Phi) is 5.12. The van der Waals surface area contributed by atoms with E-state index in [0.717, 1.165) is 11.1 Å². The van der Waals surface area contributed by atoms with E-state index in [9.17, 15) is 10.1 Å². The van der Waals surface area contributed by atoms with Crippen LogP contribution in [0.25, 0.3) is 0 Å². The van der Waals surface area contributed by atoms with Gasteiger partial charge in [0.15, 0.2) is 0 Å². The Balaban J connectivity index is 2.18. The molecule has 0 aliphatic heterocycles. The summed E-state index contributed by atoms with van der Waals surface area (Å²) in [6, 6.07) is 15.3. The first-order valence-corrected chi connectivity index (χ1v) is 7.87. The Labute approximate surface area is 133 Å². The van der Waals surface area contributed by atoms with Crippen molar-refractivity contribution in [2.45, 2.75) is 31.0 Å². The Morgan fingerprint density at radius 3 is 2.19 bits per heavy atom. The molecule has 2 rings (SSSR count). The van der Waals surface area contributed by atoms with Gasteiger partial charge in [0.05, 0.1) is 4.92 Å². The predicted molar refractivity (Wildman–Crippen MR) is 89.0 cm³/mol. The van der Waals surface area contributed by atoms with Gasteiger partial charge in [-0.15, -0.1) is 0 Å². The van der Waals surface area contributed by atoms with Gasteiger partial charge in [-0.1, -0.05) is 72.2 Å². The molecular formula is C17H18BrNO2. The highest BCUT2D eigenvalue weighted by molar-refractivity contribution is 9.09. The van der Waals surface area contributed by atoms with E-state index >= 15 is 0 Å². The minimum absolute atomic E-state index is 0.0693. The Bertz CT molecular complexity index is 623. The zero-order valence-corrected chi connectivity index (χ0v) is 13.7. The van der Waals surface area contributed by atoms with Gasteiger partial charge in [-0.2, -0.15) is 0 Å². The van der Waals surface area contributed by atoms with E-state index in [0.29, 0.717) is 12.3 Å². The monoisotopic (exact) mass is 347 g/mol. The number of alkyl halides is 1. The molecule has 1 atom stereocenters. The number of para-hydroxylation sites is 1. The van der Waals surface area contributed by atoms with Crippen LogP contribution in [0.15, 0.2) is 48.5 Å². The van der Waals surface area contributed by atoms with Crippen molar-refractivity contribution in [2.24, 2.45) is 0 Å². The lowest BCUT2D eigenvalue weighted by Crippen LogP contribution is -2.00. The fourth-order valence-electron chi connectivity index (χ4n) is 2.26. The van der Waals surface area contributed by atoms with Crippen molar-refractivity contribution < 1.29 is 4.92 Å². The molecule has 4 heteroatoms. The third-order valence-corrected chi connectivity index (χ3v) is 4.40. The van der Waals surface area contributed by atoms with Crippen molar-refractivity contribution in [3.63, 3.8) is 0 Å². The van der Waals surface area contributed by atoms with E-state index < -0.39 is 0 Å². The van der Waals surface area contributed by atoms with Crippen LogP contribution in [0.5, 0.6) is 0 Å². The fraction of sp³-hybridized carbons (Fsp3) is 0.294. The molecule has 0 radical (unpaired) electrons. The number of hydrogen-bond donors (Lipinski definition) is 0. The molecule has 2 aromatic rings. The number of halogens is 1. The molecule has 0 amide bonds. The van der Waals surface area contributed by atoms with E-state index in [1.807, 2.05) is 12.1 Å². The summed E-state index contributed by atoms with van der Waals surface area (Å²) >= 11 is 3.64. The second-order valence-corrected chi connectivity index (χ2v) is 6.48. The number of benzene rings is 2. The van der Waals surface area contributed by atoms with Gasteiger partial charge in [0.2, 0.25) is 0 Å². The molecule has 110 valence electrons. The lowest BCUT2D eigenvalue weighted by molar-refractivity contribution is -0.385. The number of hydrogen-bond acceptors (Lipinski definition) is 2. The van der Waals surface area contributed by atoms with Crippen LogP contribution in [-0.2, 0) is 6.42 Å². The highest BCUT2D eigenvalue weighted by Crippen LogP contribution is 2.31. The van der Waals surface area contributed by atoms with Crippen molar-refractivity contribution in [1.29, 1.82) is 0 Å². The summed E-state index contributed by atoms with van der Waals surface area (Å²) in [6.45, 7) is 4.32. The maximum atomic E-state index is 11.0. The molecule has 2 aromatic carbocycles. The van der Waals surface area contributed by atoms with Crippen molar-refractivity contribution in [1.82, 2.24) is 0 Å². The molecule has 0 N–H and O–H groups in total. The fourth-order valence-corrected chi connectivity index (χ4v) is 2.92. The van der Waals surface area contributed by atoms with Crippen LogP contribution in [-0.4, -0.2) is 4.92 Å². The van der Waals surface area contributed by atoms with E-state index in [1.165, 1.54) is 5.56 Å². The standard InChI is InChI=1S/C17H18BrNO2/c1-12(2)13-7-9-14(10-8-13)16(18)11-15-5-3-4-6-17(15)19(20)21/h3-10,12,16H,11H2,1-2H3. The second-order valence-electron chi connectivity index (χ2n) is 5.38. The van der Waals surface area contributed by atoms with Gasteiger partial charge in [0, 0.05) is 16.5 Å². The first-order chi connectivity index (χ1) is 9.99. The lowest BCUT2D eigenvalue weighted by Gasteiger charge is -2.12. The SMILES string of the molecule is CC(C)c1ccc(C(Br)Cc2ccccc2[N+](=O)[O-])cc1. The van der Waals surface area contributed by atoms with Crippen LogP contribution in [0.3, 0.4) is 0 Å². The molecule has 0 heterocycles. The summed E-state index contributed by atoms with van der Waals surface area (Å²) in [5.74, 6) is 0.503. The summed E-state index contributed by atoms with van der Waals surface area (Å²) in [5, 5.41) is 11.0. The van der Waals surface area contributed by atoms with Crippen LogP contribution in [0.4, 0.5) is 5.69 Å². The van der Waals surface area contributed by atoms with E-state index in [2.05, 4.69) is 54.0 Å². The molecule has 0 aromatic heterocycles. The summed E-state index contributed by atoms with van der Waals surface area (Å²) < 4.78 is 0. The van der Waals surface area contributed by atoms with Gasteiger partial charge in [-0.3, -0.25) is 10.1 Å². The third-order valence-electron chi connectivity index (χ3n) is 3.55. The predicted octanol–water partition coefficient (Wildman–Crippen LogP) is 5.40. The minimum Gasteiger partial charge on any atom is -0.258 e. The second kappa shape index (κ2) is 6.85.